The molecule has 0 N–H and O–H groups in total. The number of nitrogens with zero attached hydrogens (tertiary/aromatic N) is 1. The van der Waals surface area contributed by atoms with E-state index >= 15 is 0 Å². The molecule has 1 aliphatic rings. The zero-order chi connectivity index (χ0) is 19.1. The molecule has 26 heavy (non-hydrogen) atoms. The Bertz CT molecular complexity index is 960. The molecule has 0 amide bonds. The summed E-state index contributed by atoms with van der Waals surface area (Å²) in [4.78, 5) is 11.8. The SMILES string of the molecule is O=C(Cl)c1ccc2c(c1)N(S(=O)(=O)c1ccc(C(F)(F)F)cc1)CCS2. The van der Waals surface area contributed by atoms with Gasteiger partial charge in [0.1, 0.15) is 0 Å². The van der Waals surface area contributed by atoms with Crippen LogP contribution in [0.15, 0.2) is 52.3 Å². The molecular formula is C16H11ClF3NO3S2. The highest BCUT2D eigenvalue weighted by molar-refractivity contribution is 8.00. The van der Waals surface area contributed by atoms with Crippen molar-refractivity contribution in [2.24, 2.45) is 0 Å². The highest BCUT2D eigenvalue weighted by atomic mass is 35.5. The van der Waals surface area contributed by atoms with E-state index in [-0.39, 0.29) is 22.7 Å². The summed E-state index contributed by atoms with van der Waals surface area (Å²) >= 11 is 6.89. The largest absolute Gasteiger partial charge is 0.416 e. The van der Waals surface area contributed by atoms with Crippen molar-refractivity contribution in [2.75, 3.05) is 16.6 Å². The fourth-order valence-electron chi connectivity index (χ4n) is 2.51. The minimum atomic E-state index is -4.55. The number of fused-ring (bicyclic) bond motifs is 1. The molecule has 10 heteroatoms. The molecule has 0 saturated carbocycles. The lowest BCUT2D eigenvalue weighted by Gasteiger charge is -2.30. The van der Waals surface area contributed by atoms with E-state index in [9.17, 15) is 26.4 Å². The minimum absolute atomic E-state index is 0.126. The summed E-state index contributed by atoms with van der Waals surface area (Å²) in [7, 11) is -4.08. The molecule has 1 heterocycles. The summed E-state index contributed by atoms with van der Waals surface area (Å²) in [6.07, 6.45) is -4.55. The number of anilines is 1. The van der Waals surface area contributed by atoms with Gasteiger partial charge in [0.2, 0.25) is 0 Å². The number of rotatable bonds is 3. The lowest BCUT2D eigenvalue weighted by molar-refractivity contribution is -0.137. The van der Waals surface area contributed by atoms with Gasteiger partial charge in [0.15, 0.2) is 0 Å². The Morgan fingerprint density at radius 1 is 1.12 bits per heavy atom. The molecule has 0 atom stereocenters. The molecule has 4 nitrogen and oxygen atoms in total. The van der Waals surface area contributed by atoms with E-state index in [1.165, 1.54) is 23.9 Å². The summed E-state index contributed by atoms with van der Waals surface area (Å²) in [5.74, 6) is 0.473. The topological polar surface area (TPSA) is 54.5 Å². The summed E-state index contributed by atoms with van der Waals surface area (Å²) in [6, 6.07) is 7.78. The maximum Gasteiger partial charge on any atom is 0.416 e. The average Bonchev–Trinajstić information content (AvgIpc) is 2.60. The Kier molecular flexibility index (Phi) is 4.98. The molecular weight excluding hydrogens is 411 g/mol. The number of hydrogen-bond donors (Lipinski definition) is 0. The Morgan fingerprint density at radius 2 is 1.77 bits per heavy atom. The Morgan fingerprint density at radius 3 is 2.35 bits per heavy atom. The van der Waals surface area contributed by atoms with Crippen molar-refractivity contribution in [2.45, 2.75) is 16.0 Å². The molecule has 2 aromatic rings. The summed E-state index contributed by atoms with van der Waals surface area (Å²) in [5.41, 5.74) is -0.505. The first-order valence-corrected chi connectivity index (χ1v) is 10.1. The van der Waals surface area contributed by atoms with E-state index in [0.717, 1.165) is 28.6 Å². The van der Waals surface area contributed by atoms with E-state index in [4.69, 9.17) is 11.6 Å². The van der Waals surface area contributed by atoms with Gasteiger partial charge in [-0.3, -0.25) is 9.10 Å². The van der Waals surface area contributed by atoms with Crippen LogP contribution in [-0.4, -0.2) is 26.0 Å². The first kappa shape index (κ1) is 19.1. The number of benzene rings is 2. The highest BCUT2D eigenvalue weighted by Crippen LogP contribution is 2.39. The number of carbonyl (C=O) groups is 1. The van der Waals surface area contributed by atoms with Crippen LogP contribution in [0.25, 0.3) is 0 Å². The van der Waals surface area contributed by atoms with Crippen molar-refractivity contribution >= 4 is 44.3 Å². The monoisotopic (exact) mass is 421 g/mol. The van der Waals surface area contributed by atoms with Crippen LogP contribution in [0.3, 0.4) is 0 Å². The molecule has 0 saturated heterocycles. The minimum Gasteiger partial charge on any atom is -0.276 e. The number of thioether (sulfide) groups is 1. The van der Waals surface area contributed by atoms with Gasteiger partial charge in [-0.05, 0) is 54.1 Å². The van der Waals surface area contributed by atoms with Crippen LogP contribution in [-0.2, 0) is 16.2 Å². The summed E-state index contributed by atoms with van der Waals surface area (Å²) in [5, 5.41) is -0.727. The van der Waals surface area contributed by atoms with Crippen LogP contribution >= 0.6 is 23.4 Å². The number of alkyl halides is 3. The third-order valence-electron chi connectivity index (χ3n) is 3.78. The zero-order valence-corrected chi connectivity index (χ0v) is 15.3. The van der Waals surface area contributed by atoms with E-state index in [2.05, 4.69) is 0 Å². The smallest absolute Gasteiger partial charge is 0.276 e. The number of sulfonamides is 1. The molecule has 0 radical (unpaired) electrons. The fraction of sp³-hybridized carbons (Fsp3) is 0.188. The third-order valence-corrected chi connectivity index (χ3v) is 6.86. The quantitative estimate of drug-likeness (QED) is 0.690. The van der Waals surface area contributed by atoms with E-state index < -0.39 is 27.0 Å². The first-order chi connectivity index (χ1) is 12.1. The lowest BCUT2D eigenvalue weighted by atomic mass is 10.2. The second-order valence-electron chi connectivity index (χ2n) is 5.40. The highest BCUT2D eigenvalue weighted by Gasteiger charge is 2.33. The van der Waals surface area contributed by atoms with Crippen LogP contribution in [0.5, 0.6) is 0 Å². The Hall–Kier alpha value is -1.71. The van der Waals surface area contributed by atoms with Gasteiger partial charge in [0.25, 0.3) is 15.3 Å². The van der Waals surface area contributed by atoms with Gasteiger partial charge in [0.05, 0.1) is 16.1 Å². The van der Waals surface area contributed by atoms with Crippen molar-refractivity contribution in [1.82, 2.24) is 0 Å². The molecule has 2 aromatic carbocycles. The van der Waals surface area contributed by atoms with Crippen LogP contribution in [0, 0.1) is 0 Å². The predicted octanol–water partition coefficient (Wildman–Crippen LogP) is 4.39. The van der Waals surface area contributed by atoms with Gasteiger partial charge in [-0.25, -0.2) is 8.42 Å². The predicted molar refractivity (Wildman–Crippen MR) is 93.3 cm³/mol. The number of carbonyl (C=O) groups excluding carboxylic acids is 1. The lowest BCUT2D eigenvalue weighted by Crippen LogP contribution is -2.35. The summed E-state index contributed by atoms with van der Waals surface area (Å²) < 4.78 is 65.0. The van der Waals surface area contributed by atoms with Crippen LogP contribution in [0.1, 0.15) is 15.9 Å². The first-order valence-electron chi connectivity index (χ1n) is 7.27. The van der Waals surface area contributed by atoms with Crippen molar-refractivity contribution in [1.29, 1.82) is 0 Å². The van der Waals surface area contributed by atoms with Crippen molar-refractivity contribution < 1.29 is 26.4 Å². The summed E-state index contributed by atoms with van der Waals surface area (Å²) in [6.45, 7) is 0.126. The van der Waals surface area contributed by atoms with E-state index in [1.54, 1.807) is 6.07 Å². The molecule has 0 aliphatic carbocycles. The van der Waals surface area contributed by atoms with Crippen LogP contribution in [0.2, 0.25) is 0 Å². The molecule has 0 bridgehead atoms. The Labute approximate surface area is 157 Å². The third kappa shape index (κ3) is 3.56. The van der Waals surface area contributed by atoms with Crippen LogP contribution in [0.4, 0.5) is 18.9 Å². The average molecular weight is 422 g/mol. The molecule has 0 fully saturated rings. The standard InChI is InChI=1S/C16H11ClF3NO3S2/c17-15(22)10-1-6-14-13(9-10)21(7-8-25-14)26(23,24)12-4-2-11(3-5-12)16(18,19)20/h1-6,9H,7-8H2. The molecule has 0 unspecified atom stereocenters. The molecule has 0 spiro atoms. The molecule has 0 aromatic heterocycles. The van der Waals surface area contributed by atoms with E-state index in [0.29, 0.717) is 10.6 Å². The second-order valence-corrected chi connectivity index (χ2v) is 8.75. The van der Waals surface area contributed by atoms with Gasteiger partial charge in [-0.1, -0.05) is 0 Å². The van der Waals surface area contributed by atoms with Crippen molar-refractivity contribution in [3.63, 3.8) is 0 Å². The zero-order valence-electron chi connectivity index (χ0n) is 13.0. The van der Waals surface area contributed by atoms with Gasteiger partial charge < -0.3 is 0 Å². The van der Waals surface area contributed by atoms with Crippen LogP contribution < -0.4 is 4.31 Å². The maximum absolute atomic E-state index is 12.9. The van der Waals surface area contributed by atoms with Gasteiger partial charge in [-0.15, -0.1) is 11.8 Å². The second kappa shape index (κ2) is 6.79. The molecule has 138 valence electrons. The van der Waals surface area contributed by atoms with Gasteiger partial charge in [0, 0.05) is 22.8 Å². The van der Waals surface area contributed by atoms with Gasteiger partial charge >= 0.3 is 6.18 Å². The normalized spacial score (nSPS) is 14.8. The van der Waals surface area contributed by atoms with Crippen molar-refractivity contribution in [3.05, 3.63) is 53.6 Å². The van der Waals surface area contributed by atoms with Gasteiger partial charge in [-0.2, -0.15) is 13.2 Å². The maximum atomic E-state index is 12.9. The number of hydrogen-bond acceptors (Lipinski definition) is 4. The Balaban J connectivity index is 2.04. The molecule has 3 rings (SSSR count). The molecule has 1 aliphatic heterocycles. The van der Waals surface area contributed by atoms with Crippen molar-refractivity contribution in [3.8, 4) is 0 Å². The number of halogens is 4. The van der Waals surface area contributed by atoms with E-state index in [1.807, 2.05) is 0 Å². The fourth-order valence-corrected chi connectivity index (χ4v) is 5.25.